The number of ether oxygens (including phenoxy) is 1. The van der Waals surface area contributed by atoms with Crippen LogP contribution in [0.4, 0.5) is 10.1 Å². The fraction of sp³-hybridized carbons (Fsp3) is 0.300. The molecule has 10 heteroatoms. The summed E-state index contributed by atoms with van der Waals surface area (Å²) in [7, 11) is 4.76. The molecular formula is C20H22ClFN6O2. The van der Waals surface area contributed by atoms with Crippen molar-refractivity contribution in [2.75, 3.05) is 33.1 Å². The number of aromatic nitrogens is 3. The van der Waals surface area contributed by atoms with Crippen LogP contribution in [0.15, 0.2) is 29.5 Å². The van der Waals surface area contributed by atoms with Crippen LogP contribution < -0.4 is 10.6 Å². The van der Waals surface area contributed by atoms with Crippen LogP contribution in [0.25, 0.3) is 11.2 Å². The Hall–Kier alpha value is -3.04. The van der Waals surface area contributed by atoms with Gasteiger partial charge in [0, 0.05) is 44.2 Å². The lowest BCUT2D eigenvalue weighted by molar-refractivity contribution is 0.0907. The Morgan fingerprint density at radius 1 is 1.43 bits per heavy atom. The number of hydrogen-bond acceptors (Lipinski definition) is 6. The van der Waals surface area contributed by atoms with E-state index >= 15 is 0 Å². The van der Waals surface area contributed by atoms with Gasteiger partial charge in [-0.15, -0.1) is 0 Å². The molecule has 0 spiro atoms. The van der Waals surface area contributed by atoms with Gasteiger partial charge in [0.15, 0.2) is 5.65 Å². The summed E-state index contributed by atoms with van der Waals surface area (Å²) >= 11 is 5.97. The molecular weight excluding hydrogens is 411 g/mol. The molecule has 0 saturated heterocycles. The highest BCUT2D eigenvalue weighted by Gasteiger charge is 2.21. The number of methoxy groups -OCH3 is 1. The average molecular weight is 433 g/mol. The van der Waals surface area contributed by atoms with Gasteiger partial charge >= 0.3 is 0 Å². The molecule has 1 amide bonds. The van der Waals surface area contributed by atoms with Crippen LogP contribution in [-0.2, 0) is 4.74 Å². The van der Waals surface area contributed by atoms with E-state index in [1.54, 1.807) is 20.2 Å². The smallest absolute Gasteiger partial charge is 0.255 e. The monoisotopic (exact) mass is 432 g/mol. The molecule has 0 bridgehead atoms. The first-order valence-corrected chi connectivity index (χ1v) is 9.55. The molecule has 3 N–H and O–H groups in total. The van der Waals surface area contributed by atoms with Crippen LogP contribution >= 0.6 is 11.6 Å². The molecule has 0 aliphatic heterocycles. The van der Waals surface area contributed by atoms with E-state index in [2.05, 4.69) is 30.6 Å². The number of nitrogens with zero attached hydrogens (tertiary/aromatic N) is 3. The van der Waals surface area contributed by atoms with Gasteiger partial charge in [-0.05, 0) is 19.1 Å². The lowest BCUT2D eigenvalue weighted by atomic mass is 10.0. The van der Waals surface area contributed by atoms with Crippen molar-refractivity contribution in [3.63, 3.8) is 0 Å². The fourth-order valence-electron chi connectivity index (χ4n) is 3.14. The second kappa shape index (κ2) is 9.19. The van der Waals surface area contributed by atoms with Crippen molar-refractivity contribution in [1.29, 1.82) is 0 Å². The largest absolute Gasteiger partial charge is 0.387 e. The van der Waals surface area contributed by atoms with Gasteiger partial charge in [-0.25, -0.2) is 14.4 Å². The minimum Gasteiger partial charge on any atom is -0.387 e. The molecule has 2 aromatic heterocycles. The van der Waals surface area contributed by atoms with Crippen LogP contribution in [-0.4, -0.2) is 60.4 Å². The Morgan fingerprint density at radius 3 is 2.87 bits per heavy atom. The summed E-state index contributed by atoms with van der Waals surface area (Å²) in [4.78, 5) is 28.7. The van der Waals surface area contributed by atoms with Crippen LogP contribution in [0.3, 0.4) is 0 Å². The van der Waals surface area contributed by atoms with Gasteiger partial charge < -0.3 is 20.4 Å². The second-order valence-corrected chi connectivity index (χ2v) is 7.05. The Morgan fingerprint density at radius 2 is 2.20 bits per heavy atom. The number of carbonyl (C=O) groups excluding carboxylic acids is 1. The first-order chi connectivity index (χ1) is 14.4. The molecule has 0 aliphatic rings. The molecule has 0 radical (unpaired) electrons. The molecule has 30 heavy (non-hydrogen) atoms. The van der Waals surface area contributed by atoms with E-state index in [0.29, 0.717) is 34.7 Å². The number of hydrogen-bond donors (Lipinski definition) is 3. The average Bonchev–Trinajstić information content (AvgIpc) is 3.13. The van der Waals surface area contributed by atoms with E-state index in [9.17, 15) is 9.18 Å². The number of aliphatic imine (C=N–C) groups is 1. The summed E-state index contributed by atoms with van der Waals surface area (Å²) < 4.78 is 19.8. The Bertz CT molecular complexity index is 1110. The molecule has 0 aliphatic carbocycles. The Balaban J connectivity index is 2.06. The molecule has 0 fully saturated rings. The molecule has 1 atom stereocenters. The number of anilines is 1. The van der Waals surface area contributed by atoms with Crippen LogP contribution in [0.1, 0.15) is 28.5 Å². The normalized spacial score (nSPS) is 12.8. The lowest BCUT2D eigenvalue weighted by Gasteiger charge is -2.13. The van der Waals surface area contributed by atoms with E-state index in [1.807, 2.05) is 6.92 Å². The maximum atomic E-state index is 14.8. The SMILES string of the molecule is C/N=C(/c1cnc2[nH]cc(C(=O)N[C@@H](C)COC)c2n1)c1c(F)cc(Cl)cc1NC. The first-order valence-electron chi connectivity index (χ1n) is 9.17. The van der Waals surface area contributed by atoms with Gasteiger partial charge in [-0.1, -0.05) is 11.6 Å². The van der Waals surface area contributed by atoms with Crippen LogP contribution in [0.2, 0.25) is 5.02 Å². The van der Waals surface area contributed by atoms with Gasteiger partial charge in [-0.2, -0.15) is 0 Å². The molecule has 8 nitrogen and oxygen atoms in total. The number of aromatic amines is 1. The fourth-order valence-corrected chi connectivity index (χ4v) is 3.34. The third-order valence-electron chi connectivity index (χ3n) is 4.45. The predicted octanol–water partition coefficient (Wildman–Crippen LogP) is 3.02. The maximum Gasteiger partial charge on any atom is 0.255 e. The number of carbonyl (C=O) groups is 1. The van der Waals surface area contributed by atoms with Crippen molar-refractivity contribution in [1.82, 2.24) is 20.3 Å². The van der Waals surface area contributed by atoms with Crippen LogP contribution in [0.5, 0.6) is 0 Å². The van der Waals surface area contributed by atoms with Gasteiger partial charge in [0.05, 0.1) is 29.6 Å². The summed E-state index contributed by atoms with van der Waals surface area (Å²) in [5.74, 6) is -0.865. The molecule has 158 valence electrons. The molecule has 1 aromatic carbocycles. The third kappa shape index (κ3) is 4.27. The molecule has 3 rings (SSSR count). The van der Waals surface area contributed by atoms with Crippen molar-refractivity contribution in [3.8, 4) is 0 Å². The lowest BCUT2D eigenvalue weighted by Crippen LogP contribution is -2.35. The molecule has 0 saturated carbocycles. The van der Waals surface area contributed by atoms with E-state index in [0.717, 1.165) is 0 Å². The number of rotatable bonds is 7. The number of nitrogens with one attached hydrogen (secondary N) is 3. The summed E-state index contributed by atoms with van der Waals surface area (Å²) in [6.45, 7) is 2.21. The summed E-state index contributed by atoms with van der Waals surface area (Å²) in [6.07, 6.45) is 3.01. The highest BCUT2D eigenvalue weighted by atomic mass is 35.5. The summed E-state index contributed by atoms with van der Waals surface area (Å²) in [6, 6.07) is 2.63. The Labute approximate surface area is 177 Å². The van der Waals surface area contributed by atoms with Crippen molar-refractivity contribution in [2.24, 2.45) is 4.99 Å². The number of fused-ring (bicyclic) bond motifs is 1. The van der Waals surface area contributed by atoms with Crippen molar-refractivity contribution in [3.05, 3.63) is 52.2 Å². The minimum absolute atomic E-state index is 0.183. The highest BCUT2D eigenvalue weighted by Crippen LogP contribution is 2.27. The van der Waals surface area contributed by atoms with Crippen molar-refractivity contribution < 1.29 is 13.9 Å². The summed E-state index contributed by atoms with van der Waals surface area (Å²) in [5, 5.41) is 6.02. The maximum absolute atomic E-state index is 14.8. The quantitative estimate of drug-likeness (QED) is 0.498. The molecule has 2 heterocycles. The third-order valence-corrected chi connectivity index (χ3v) is 4.67. The predicted molar refractivity (Wildman–Crippen MR) is 115 cm³/mol. The zero-order chi connectivity index (χ0) is 21.8. The molecule has 0 unspecified atom stereocenters. The number of H-pyrrole nitrogens is 1. The number of amides is 1. The zero-order valence-electron chi connectivity index (χ0n) is 17.0. The van der Waals surface area contributed by atoms with Crippen molar-refractivity contribution >= 4 is 40.1 Å². The number of halogens is 2. The molecule has 3 aromatic rings. The van der Waals surface area contributed by atoms with Crippen LogP contribution in [0, 0.1) is 5.82 Å². The van der Waals surface area contributed by atoms with E-state index < -0.39 is 5.82 Å². The first kappa shape index (κ1) is 21.7. The van der Waals surface area contributed by atoms with E-state index in [1.165, 1.54) is 25.5 Å². The van der Waals surface area contributed by atoms with Gasteiger partial charge in [-0.3, -0.25) is 9.79 Å². The minimum atomic E-state index is -0.547. The Kier molecular flexibility index (Phi) is 6.63. The zero-order valence-corrected chi connectivity index (χ0v) is 17.8. The van der Waals surface area contributed by atoms with Gasteiger partial charge in [0.1, 0.15) is 17.0 Å². The van der Waals surface area contributed by atoms with E-state index in [-0.39, 0.29) is 28.2 Å². The topological polar surface area (TPSA) is 104 Å². The van der Waals surface area contributed by atoms with Gasteiger partial charge in [0.2, 0.25) is 0 Å². The number of benzene rings is 1. The van der Waals surface area contributed by atoms with E-state index in [4.69, 9.17) is 16.3 Å². The standard InChI is InChI=1S/C20H22ClFN6O2/c1-10(9-30-4)27-20(29)12-7-25-19-17(12)28-15(8-26-19)18(24-3)16-13(22)5-11(21)6-14(16)23-2/h5-8,10,23H,9H2,1-4H3,(H,25,26)(H,27,29)/b24-18-/t10-/m0/s1. The summed E-state index contributed by atoms with van der Waals surface area (Å²) in [5.41, 5.74) is 2.39. The second-order valence-electron chi connectivity index (χ2n) is 6.62. The van der Waals surface area contributed by atoms with Gasteiger partial charge in [0.25, 0.3) is 5.91 Å². The highest BCUT2D eigenvalue weighted by molar-refractivity contribution is 6.31. The van der Waals surface area contributed by atoms with Crippen molar-refractivity contribution in [2.45, 2.75) is 13.0 Å².